The number of nitrogens with zero attached hydrogens (tertiary/aromatic N) is 5. The van der Waals surface area contributed by atoms with Crippen molar-refractivity contribution in [2.45, 2.75) is 45.4 Å². The highest BCUT2D eigenvalue weighted by Crippen LogP contribution is 2.51. The molecule has 0 bridgehead atoms. The summed E-state index contributed by atoms with van der Waals surface area (Å²) in [6, 6.07) is 14.2. The summed E-state index contributed by atoms with van der Waals surface area (Å²) >= 11 is 0. The Labute approximate surface area is 227 Å². The molecule has 2 aromatic heterocycles. The Bertz CT molecular complexity index is 1610. The molecule has 39 heavy (non-hydrogen) atoms. The summed E-state index contributed by atoms with van der Waals surface area (Å²) in [4.78, 5) is 22.9. The van der Waals surface area contributed by atoms with Crippen LogP contribution in [0.4, 0.5) is 11.5 Å². The molecular formula is C30H31N7O2. The SMILES string of the molecule is CC(=O)Nc1ccc2cnn(CC#Cc3cnc(N4CCC5(CC4)Cc4ccccc4[C@H]5N)c(CO)n3)c2c1. The summed E-state index contributed by atoms with van der Waals surface area (Å²) in [5, 5.41) is 18.2. The second kappa shape index (κ2) is 10.1. The van der Waals surface area contributed by atoms with Crippen molar-refractivity contribution in [2.24, 2.45) is 11.1 Å². The Kier molecular flexibility index (Phi) is 6.51. The third kappa shape index (κ3) is 4.73. The van der Waals surface area contributed by atoms with Crippen LogP contribution in [0.5, 0.6) is 0 Å². The van der Waals surface area contributed by atoms with Crippen LogP contribution in [0.3, 0.4) is 0 Å². The van der Waals surface area contributed by atoms with Gasteiger partial charge in [-0.05, 0) is 59.9 Å². The molecule has 2 aliphatic rings. The largest absolute Gasteiger partial charge is 0.390 e. The minimum Gasteiger partial charge on any atom is -0.390 e. The number of fused-ring (bicyclic) bond motifs is 2. The number of benzene rings is 2. The van der Waals surface area contributed by atoms with E-state index in [1.54, 1.807) is 17.1 Å². The highest BCUT2D eigenvalue weighted by molar-refractivity contribution is 5.92. The van der Waals surface area contributed by atoms with Crippen molar-refractivity contribution in [3.8, 4) is 11.8 Å². The zero-order valence-corrected chi connectivity index (χ0v) is 21.9. The third-order valence-electron chi connectivity index (χ3n) is 8.03. The Morgan fingerprint density at radius 3 is 2.79 bits per heavy atom. The number of carbonyl (C=O) groups is 1. The fourth-order valence-corrected chi connectivity index (χ4v) is 6.00. The van der Waals surface area contributed by atoms with Gasteiger partial charge in [-0.15, -0.1) is 0 Å². The number of amides is 1. The number of rotatable bonds is 4. The molecule has 1 fully saturated rings. The highest BCUT2D eigenvalue weighted by Gasteiger charge is 2.46. The first-order valence-corrected chi connectivity index (χ1v) is 13.2. The van der Waals surface area contributed by atoms with Crippen LogP contribution < -0.4 is 16.0 Å². The van der Waals surface area contributed by atoms with Crippen molar-refractivity contribution in [3.05, 3.63) is 77.4 Å². The highest BCUT2D eigenvalue weighted by atomic mass is 16.3. The van der Waals surface area contributed by atoms with Crippen LogP contribution in [0.1, 0.15) is 48.3 Å². The Balaban J connectivity index is 1.14. The van der Waals surface area contributed by atoms with Crippen molar-refractivity contribution < 1.29 is 9.90 Å². The number of nitrogens with two attached hydrogens (primary N) is 1. The first kappa shape index (κ1) is 25.0. The van der Waals surface area contributed by atoms with Gasteiger partial charge in [0.2, 0.25) is 5.91 Å². The number of carbonyl (C=O) groups excluding carboxylic acids is 1. The molecular weight excluding hydrogens is 490 g/mol. The maximum Gasteiger partial charge on any atom is 0.221 e. The lowest BCUT2D eigenvalue weighted by atomic mass is 9.73. The van der Waals surface area contributed by atoms with E-state index in [0.29, 0.717) is 29.4 Å². The minimum atomic E-state index is -0.208. The lowest BCUT2D eigenvalue weighted by Crippen LogP contribution is -2.45. The minimum absolute atomic E-state index is 0.0563. The molecule has 0 unspecified atom stereocenters. The lowest BCUT2D eigenvalue weighted by molar-refractivity contribution is -0.114. The molecule has 1 aliphatic heterocycles. The number of aliphatic hydroxyl groups is 1. The van der Waals surface area contributed by atoms with Crippen LogP contribution in [0.25, 0.3) is 10.9 Å². The van der Waals surface area contributed by atoms with Gasteiger partial charge in [-0.2, -0.15) is 5.10 Å². The second-order valence-corrected chi connectivity index (χ2v) is 10.4. The van der Waals surface area contributed by atoms with E-state index in [1.807, 2.05) is 18.2 Å². The molecule has 1 atom stereocenters. The normalized spacial score (nSPS) is 17.6. The smallest absolute Gasteiger partial charge is 0.221 e. The van der Waals surface area contributed by atoms with E-state index in [1.165, 1.54) is 18.1 Å². The van der Waals surface area contributed by atoms with Crippen molar-refractivity contribution in [2.75, 3.05) is 23.3 Å². The van der Waals surface area contributed by atoms with Crippen molar-refractivity contribution in [1.82, 2.24) is 19.7 Å². The van der Waals surface area contributed by atoms with Gasteiger partial charge < -0.3 is 21.1 Å². The van der Waals surface area contributed by atoms with Crippen LogP contribution in [-0.2, 0) is 24.4 Å². The third-order valence-corrected chi connectivity index (χ3v) is 8.03. The van der Waals surface area contributed by atoms with Gasteiger partial charge in [0.1, 0.15) is 17.9 Å². The number of aromatic nitrogens is 4. The molecule has 0 saturated carbocycles. The van der Waals surface area contributed by atoms with Crippen LogP contribution >= 0.6 is 0 Å². The van der Waals surface area contributed by atoms with Crippen LogP contribution in [0.15, 0.2) is 54.9 Å². The average Bonchev–Trinajstić information content (AvgIpc) is 3.47. The summed E-state index contributed by atoms with van der Waals surface area (Å²) in [7, 11) is 0. The van der Waals surface area contributed by atoms with Gasteiger partial charge >= 0.3 is 0 Å². The number of nitrogens with one attached hydrogen (secondary N) is 1. The first-order chi connectivity index (χ1) is 19.0. The fourth-order valence-electron chi connectivity index (χ4n) is 6.00. The predicted octanol–water partition coefficient (Wildman–Crippen LogP) is 3.17. The van der Waals surface area contributed by atoms with Gasteiger partial charge in [0, 0.05) is 37.1 Å². The maximum atomic E-state index is 11.4. The van der Waals surface area contributed by atoms with E-state index >= 15 is 0 Å². The van der Waals surface area contributed by atoms with E-state index in [-0.39, 0.29) is 24.0 Å². The topological polar surface area (TPSA) is 122 Å². The molecule has 9 heteroatoms. The molecule has 4 aromatic rings. The lowest BCUT2D eigenvalue weighted by Gasteiger charge is -2.42. The molecule has 1 spiro atoms. The molecule has 9 nitrogen and oxygen atoms in total. The Morgan fingerprint density at radius 2 is 2.03 bits per heavy atom. The number of piperidine rings is 1. The number of anilines is 2. The molecule has 1 saturated heterocycles. The average molecular weight is 522 g/mol. The predicted molar refractivity (Wildman–Crippen MR) is 150 cm³/mol. The van der Waals surface area contributed by atoms with Crippen LogP contribution in [-0.4, -0.2) is 43.9 Å². The van der Waals surface area contributed by atoms with Gasteiger partial charge in [-0.3, -0.25) is 9.48 Å². The second-order valence-electron chi connectivity index (χ2n) is 10.4. The van der Waals surface area contributed by atoms with E-state index in [4.69, 9.17) is 5.73 Å². The van der Waals surface area contributed by atoms with E-state index in [0.717, 1.165) is 43.3 Å². The quantitative estimate of drug-likeness (QED) is 0.353. The maximum absolute atomic E-state index is 11.4. The van der Waals surface area contributed by atoms with E-state index < -0.39 is 0 Å². The van der Waals surface area contributed by atoms with Gasteiger partial charge in [0.25, 0.3) is 0 Å². The monoisotopic (exact) mass is 521 g/mol. The molecule has 0 radical (unpaired) electrons. The molecule has 2 aromatic carbocycles. The number of aliphatic hydroxyl groups excluding tert-OH is 1. The number of hydrogen-bond donors (Lipinski definition) is 3. The zero-order chi connectivity index (χ0) is 27.0. The van der Waals surface area contributed by atoms with Gasteiger partial charge in [-0.1, -0.05) is 30.2 Å². The Morgan fingerprint density at radius 1 is 1.21 bits per heavy atom. The Hall–Kier alpha value is -4.26. The summed E-state index contributed by atoms with van der Waals surface area (Å²) in [6.45, 7) is 3.26. The van der Waals surface area contributed by atoms with Crippen LogP contribution in [0, 0.1) is 17.3 Å². The molecule has 1 aliphatic carbocycles. The molecule has 198 valence electrons. The standard InChI is InChI=1S/C30H31N7O2/c1-20(39)34-23-9-8-22-17-33-37(27(22)15-23)12-4-6-24-18-32-29(26(19-38)35-24)36-13-10-30(11-14-36)16-21-5-2-3-7-25(21)28(30)31/h2-3,5,7-9,15,17-18,28,38H,10-14,16,19,31H2,1H3,(H,34,39)/t28-/m1/s1. The summed E-state index contributed by atoms with van der Waals surface area (Å²) in [5.74, 6) is 6.75. The molecule has 4 N–H and O–H groups in total. The summed E-state index contributed by atoms with van der Waals surface area (Å²) < 4.78 is 1.78. The van der Waals surface area contributed by atoms with E-state index in [9.17, 15) is 9.90 Å². The first-order valence-electron chi connectivity index (χ1n) is 13.2. The molecule has 6 rings (SSSR count). The summed E-state index contributed by atoms with van der Waals surface area (Å²) in [5.41, 5.74) is 12.1. The molecule has 3 heterocycles. The van der Waals surface area contributed by atoms with Crippen molar-refractivity contribution >= 4 is 28.3 Å². The van der Waals surface area contributed by atoms with Gasteiger partial charge in [0.05, 0.1) is 24.5 Å². The fraction of sp³-hybridized carbons (Fsp3) is 0.333. The van der Waals surface area contributed by atoms with Gasteiger partial charge in [0.15, 0.2) is 5.82 Å². The molecule has 1 amide bonds. The van der Waals surface area contributed by atoms with E-state index in [2.05, 4.69) is 61.4 Å². The van der Waals surface area contributed by atoms with Crippen molar-refractivity contribution in [3.63, 3.8) is 0 Å². The zero-order valence-electron chi connectivity index (χ0n) is 21.9. The van der Waals surface area contributed by atoms with Crippen molar-refractivity contribution in [1.29, 1.82) is 0 Å². The van der Waals surface area contributed by atoms with Crippen LogP contribution in [0.2, 0.25) is 0 Å². The number of hydrogen-bond acceptors (Lipinski definition) is 7. The van der Waals surface area contributed by atoms with Gasteiger partial charge in [-0.25, -0.2) is 9.97 Å². The summed E-state index contributed by atoms with van der Waals surface area (Å²) in [6.07, 6.45) is 6.40.